The van der Waals surface area contributed by atoms with E-state index in [-0.39, 0.29) is 12.3 Å². The van der Waals surface area contributed by atoms with Crippen molar-refractivity contribution in [3.05, 3.63) is 139 Å². The van der Waals surface area contributed by atoms with Crippen LogP contribution in [-0.2, 0) is 5.41 Å². The third kappa shape index (κ3) is 2.72. The molecule has 3 nitrogen and oxygen atoms in total. The molecule has 3 aliphatic rings. The normalized spacial score (nSPS) is 15.1. The van der Waals surface area contributed by atoms with Crippen molar-refractivity contribution >= 4 is 89.4 Å². The Morgan fingerprint density at radius 2 is 1.34 bits per heavy atom. The van der Waals surface area contributed by atoms with Crippen molar-refractivity contribution in [1.29, 1.82) is 0 Å². The number of anilines is 3. The fraction of sp³-hybridized carbons (Fsp3) is 0.0698. The van der Waals surface area contributed by atoms with Gasteiger partial charge in [0.15, 0.2) is 0 Å². The topological polar surface area (TPSA) is 21.3 Å². The van der Waals surface area contributed by atoms with Crippen molar-refractivity contribution in [2.75, 3.05) is 4.90 Å². The molecule has 9 aromatic rings. The maximum Gasteiger partial charge on any atom is 0.333 e. The predicted molar refractivity (Wildman–Crippen MR) is 197 cm³/mol. The zero-order valence-electron chi connectivity index (χ0n) is 26.0. The zero-order chi connectivity index (χ0) is 30.8. The molecular formula is C43H27BN2O. The molecule has 0 spiro atoms. The Morgan fingerprint density at radius 1 is 0.596 bits per heavy atom. The first kappa shape index (κ1) is 24.5. The molecule has 0 fully saturated rings. The van der Waals surface area contributed by atoms with E-state index in [1.165, 1.54) is 88.2 Å². The third-order valence-electron chi connectivity index (χ3n) is 11.5. The number of benzene rings is 7. The van der Waals surface area contributed by atoms with Gasteiger partial charge in [-0.1, -0.05) is 111 Å². The van der Waals surface area contributed by atoms with Gasteiger partial charge in [0.2, 0.25) is 0 Å². The Bertz CT molecular complexity index is 2910. The molecule has 0 amide bonds. The molecule has 47 heavy (non-hydrogen) atoms. The molecule has 218 valence electrons. The van der Waals surface area contributed by atoms with Gasteiger partial charge in [0, 0.05) is 43.9 Å². The first-order valence-electron chi connectivity index (χ1n) is 16.6. The molecule has 0 aliphatic carbocycles. The van der Waals surface area contributed by atoms with Gasteiger partial charge in [-0.05, 0) is 68.7 Å². The Balaban J connectivity index is 1.36. The molecule has 5 heterocycles. The molecule has 0 radical (unpaired) electrons. The van der Waals surface area contributed by atoms with Gasteiger partial charge in [-0.3, -0.25) is 0 Å². The molecule has 0 N–H and O–H groups in total. The lowest BCUT2D eigenvalue weighted by Crippen LogP contribution is -2.58. The quantitative estimate of drug-likeness (QED) is 0.162. The average Bonchev–Trinajstić information content (AvgIpc) is 3.64. The summed E-state index contributed by atoms with van der Waals surface area (Å²) in [6.07, 6.45) is 0. The van der Waals surface area contributed by atoms with Crippen molar-refractivity contribution < 1.29 is 4.42 Å². The number of aromatic nitrogens is 1. The minimum absolute atomic E-state index is 0.00128. The number of furan rings is 1. The van der Waals surface area contributed by atoms with Crippen LogP contribution < -0.4 is 15.8 Å². The Hall–Kier alpha value is -5.74. The van der Waals surface area contributed by atoms with E-state index in [1.807, 2.05) is 0 Å². The Labute approximate surface area is 271 Å². The van der Waals surface area contributed by atoms with Crippen molar-refractivity contribution in [1.82, 2.24) is 4.48 Å². The average molecular weight is 599 g/mol. The van der Waals surface area contributed by atoms with Gasteiger partial charge in [0.1, 0.15) is 11.2 Å². The summed E-state index contributed by atoms with van der Waals surface area (Å²) < 4.78 is 9.41. The van der Waals surface area contributed by atoms with Crippen LogP contribution in [0.25, 0.3) is 65.6 Å². The summed E-state index contributed by atoms with van der Waals surface area (Å²) in [4.78, 5) is 2.59. The van der Waals surface area contributed by atoms with Crippen LogP contribution in [0.1, 0.15) is 25.0 Å². The van der Waals surface area contributed by atoms with Gasteiger partial charge in [0.25, 0.3) is 0 Å². The van der Waals surface area contributed by atoms with E-state index in [9.17, 15) is 0 Å². The van der Waals surface area contributed by atoms with Crippen LogP contribution in [0.2, 0.25) is 0 Å². The number of nitrogens with zero attached hydrogens (tertiary/aromatic N) is 2. The Kier molecular flexibility index (Phi) is 4.15. The van der Waals surface area contributed by atoms with E-state index in [0.29, 0.717) is 0 Å². The van der Waals surface area contributed by atoms with E-state index in [1.54, 1.807) is 0 Å². The summed E-state index contributed by atoms with van der Waals surface area (Å²) in [6.45, 7) is 4.78. The molecule has 12 rings (SSSR count). The van der Waals surface area contributed by atoms with Gasteiger partial charge in [-0.25, -0.2) is 0 Å². The number of para-hydroxylation sites is 4. The van der Waals surface area contributed by atoms with Gasteiger partial charge < -0.3 is 13.8 Å². The zero-order valence-corrected chi connectivity index (χ0v) is 26.0. The fourth-order valence-electron chi connectivity index (χ4n) is 9.54. The van der Waals surface area contributed by atoms with Crippen LogP contribution in [-0.4, -0.2) is 11.3 Å². The Morgan fingerprint density at radius 3 is 2.26 bits per heavy atom. The van der Waals surface area contributed by atoms with Crippen molar-refractivity contribution in [2.45, 2.75) is 19.3 Å². The third-order valence-corrected chi connectivity index (χ3v) is 11.5. The highest BCUT2D eigenvalue weighted by atomic mass is 16.3. The minimum Gasteiger partial charge on any atom is -0.456 e. The molecule has 4 heteroatoms. The first-order valence-corrected chi connectivity index (χ1v) is 16.6. The minimum atomic E-state index is -0.165. The fourth-order valence-corrected chi connectivity index (χ4v) is 9.54. The molecule has 7 aromatic carbocycles. The van der Waals surface area contributed by atoms with Gasteiger partial charge in [-0.15, -0.1) is 0 Å². The lowest BCUT2D eigenvalue weighted by molar-refractivity contribution is 0.632. The maximum atomic E-state index is 6.74. The molecule has 3 aliphatic heterocycles. The second-order valence-corrected chi connectivity index (χ2v) is 14.1. The van der Waals surface area contributed by atoms with Crippen molar-refractivity contribution in [2.24, 2.45) is 0 Å². The number of hydrogen-bond acceptors (Lipinski definition) is 2. The molecule has 2 aromatic heterocycles. The number of rotatable bonds is 0. The highest BCUT2D eigenvalue weighted by Gasteiger charge is 2.48. The van der Waals surface area contributed by atoms with Crippen LogP contribution in [0.4, 0.5) is 17.1 Å². The smallest absolute Gasteiger partial charge is 0.333 e. The largest absolute Gasteiger partial charge is 0.456 e. The maximum absolute atomic E-state index is 6.74. The monoisotopic (exact) mass is 598 g/mol. The van der Waals surface area contributed by atoms with Crippen LogP contribution in [0.15, 0.2) is 132 Å². The van der Waals surface area contributed by atoms with E-state index in [2.05, 4.69) is 151 Å². The summed E-state index contributed by atoms with van der Waals surface area (Å²) >= 11 is 0. The highest BCUT2D eigenvalue weighted by Crippen LogP contribution is 2.56. The summed E-state index contributed by atoms with van der Waals surface area (Å²) in [6, 6.07) is 47.4. The molecule has 0 saturated heterocycles. The number of hydrogen-bond donors (Lipinski definition) is 0. The van der Waals surface area contributed by atoms with Gasteiger partial charge in [-0.2, -0.15) is 0 Å². The second kappa shape index (κ2) is 7.97. The summed E-state index contributed by atoms with van der Waals surface area (Å²) in [7, 11) is 0. The highest BCUT2D eigenvalue weighted by molar-refractivity contribution is 6.90. The van der Waals surface area contributed by atoms with Crippen LogP contribution >= 0.6 is 0 Å². The summed E-state index contributed by atoms with van der Waals surface area (Å²) in [5, 5.41) is 7.51. The predicted octanol–water partition coefficient (Wildman–Crippen LogP) is 9.90. The second-order valence-electron chi connectivity index (χ2n) is 14.1. The van der Waals surface area contributed by atoms with Crippen LogP contribution in [0.5, 0.6) is 0 Å². The van der Waals surface area contributed by atoms with Crippen molar-refractivity contribution in [3.8, 4) is 11.1 Å². The van der Waals surface area contributed by atoms with Gasteiger partial charge in [0.05, 0.1) is 16.8 Å². The van der Waals surface area contributed by atoms with Crippen LogP contribution in [0.3, 0.4) is 0 Å². The molecular weight excluding hydrogens is 571 g/mol. The number of fused-ring (bicyclic) bond motifs is 14. The molecule has 0 unspecified atom stereocenters. The standard InChI is InChI=1S/C43H27BN2O/c1-43(2)31-16-6-7-19-34(31)45-41-32(43)17-10-18-33(41)44-39-30(23-37-38(42(39)45)28-13-5-8-20-36(28)47-37)27-15-9-14-26-29-21-24-11-3-4-12-25(24)22-35(29)46(44)40(26)27/h3-23H,1-2H3. The molecule has 0 saturated carbocycles. The van der Waals surface area contributed by atoms with Gasteiger partial charge >= 0.3 is 6.85 Å². The molecule has 0 bridgehead atoms. The van der Waals surface area contributed by atoms with Crippen molar-refractivity contribution in [3.63, 3.8) is 0 Å². The summed E-state index contributed by atoms with van der Waals surface area (Å²) in [5.41, 5.74) is 16.1. The van der Waals surface area contributed by atoms with E-state index >= 15 is 0 Å². The van der Waals surface area contributed by atoms with Crippen LogP contribution in [0, 0.1) is 0 Å². The first-order chi connectivity index (χ1) is 23.1. The van der Waals surface area contributed by atoms with E-state index in [4.69, 9.17) is 4.42 Å². The molecule has 0 atom stereocenters. The lowest BCUT2D eigenvalue weighted by Gasteiger charge is -2.48. The summed E-state index contributed by atoms with van der Waals surface area (Å²) in [5.74, 6) is 0. The van der Waals surface area contributed by atoms with E-state index < -0.39 is 0 Å². The van der Waals surface area contributed by atoms with E-state index in [0.717, 1.165) is 16.6 Å². The SMILES string of the molecule is CC1(C)c2ccccc2N2c3c(cccc31)B1c3c(cc4oc5ccccc5c4c32)-c2cccc3c4cc5ccccc5cc4n1c23. The lowest BCUT2D eigenvalue weighted by atomic mass is 9.44.